The lowest BCUT2D eigenvalue weighted by Crippen LogP contribution is -2.10. The number of benzene rings is 1. The van der Waals surface area contributed by atoms with Crippen LogP contribution < -0.4 is 5.73 Å². The van der Waals surface area contributed by atoms with Gasteiger partial charge in [0.05, 0.1) is 4.90 Å². The van der Waals surface area contributed by atoms with Gasteiger partial charge in [0.15, 0.2) is 9.84 Å². The smallest absolute Gasteiger partial charge is 0.175 e. The topological polar surface area (TPSA) is 60.2 Å². The molecule has 0 aliphatic rings. The van der Waals surface area contributed by atoms with Crippen LogP contribution >= 0.6 is 0 Å². The SMILES string of the molecule is CC(C)CC(CCN)c1ccc(S(C)(=O)=O)cc1. The summed E-state index contributed by atoms with van der Waals surface area (Å²) in [5.74, 6) is 1.03. The largest absolute Gasteiger partial charge is 0.330 e. The summed E-state index contributed by atoms with van der Waals surface area (Å²) in [6.07, 6.45) is 3.25. The first kappa shape index (κ1) is 15.2. The fourth-order valence-electron chi connectivity index (χ4n) is 2.18. The second-order valence-corrected chi connectivity index (χ2v) is 7.26. The number of hydrogen-bond acceptors (Lipinski definition) is 3. The molecule has 0 amide bonds. The molecule has 4 heteroatoms. The minimum Gasteiger partial charge on any atom is -0.330 e. The Balaban J connectivity index is 2.93. The van der Waals surface area contributed by atoms with Gasteiger partial charge in [0, 0.05) is 6.26 Å². The zero-order valence-corrected chi connectivity index (χ0v) is 12.2. The van der Waals surface area contributed by atoms with E-state index in [1.54, 1.807) is 12.1 Å². The first-order chi connectivity index (χ1) is 8.34. The molecule has 0 saturated carbocycles. The monoisotopic (exact) mass is 269 g/mol. The van der Waals surface area contributed by atoms with E-state index in [2.05, 4.69) is 13.8 Å². The molecule has 1 aromatic rings. The lowest BCUT2D eigenvalue weighted by atomic mass is 9.88. The van der Waals surface area contributed by atoms with Gasteiger partial charge >= 0.3 is 0 Å². The van der Waals surface area contributed by atoms with Gasteiger partial charge in [-0.15, -0.1) is 0 Å². The van der Waals surface area contributed by atoms with Crippen molar-refractivity contribution in [3.05, 3.63) is 29.8 Å². The average molecular weight is 269 g/mol. The van der Waals surface area contributed by atoms with Crippen LogP contribution in [0.2, 0.25) is 0 Å². The molecule has 0 fully saturated rings. The van der Waals surface area contributed by atoms with Gasteiger partial charge in [-0.1, -0.05) is 26.0 Å². The maximum atomic E-state index is 11.4. The Bertz CT molecular complexity index is 463. The van der Waals surface area contributed by atoms with Gasteiger partial charge in [-0.2, -0.15) is 0 Å². The lowest BCUT2D eigenvalue weighted by Gasteiger charge is -2.19. The summed E-state index contributed by atoms with van der Waals surface area (Å²) < 4.78 is 22.8. The van der Waals surface area contributed by atoms with Crippen molar-refractivity contribution in [2.75, 3.05) is 12.8 Å². The van der Waals surface area contributed by atoms with E-state index in [0.717, 1.165) is 12.8 Å². The van der Waals surface area contributed by atoms with Crippen LogP contribution in [-0.4, -0.2) is 21.2 Å². The van der Waals surface area contributed by atoms with Gasteiger partial charge in [-0.3, -0.25) is 0 Å². The molecule has 102 valence electrons. The molecule has 0 bridgehead atoms. The predicted octanol–water partition coefficient (Wildman–Crippen LogP) is 2.57. The summed E-state index contributed by atoms with van der Waals surface area (Å²) in [6, 6.07) is 7.21. The van der Waals surface area contributed by atoms with Crippen molar-refractivity contribution in [2.45, 2.75) is 37.5 Å². The summed E-state index contributed by atoms with van der Waals surface area (Å²) in [5.41, 5.74) is 6.83. The summed E-state index contributed by atoms with van der Waals surface area (Å²) >= 11 is 0. The van der Waals surface area contributed by atoms with Crippen molar-refractivity contribution < 1.29 is 8.42 Å². The second kappa shape index (κ2) is 6.34. The Morgan fingerprint density at radius 3 is 2.11 bits per heavy atom. The van der Waals surface area contributed by atoms with Crippen molar-refractivity contribution in [1.29, 1.82) is 0 Å². The molecular formula is C14H23NO2S. The van der Waals surface area contributed by atoms with E-state index in [4.69, 9.17) is 5.73 Å². The summed E-state index contributed by atoms with van der Waals surface area (Å²) in [4.78, 5) is 0.377. The van der Waals surface area contributed by atoms with Crippen molar-refractivity contribution in [3.8, 4) is 0 Å². The van der Waals surface area contributed by atoms with E-state index in [0.29, 0.717) is 23.3 Å². The summed E-state index contributed by atoms with van der Waals surface area (Å²) in [5, 5.41) is 0. The second-order valence-electron chi connectivity index (χ2n) is 5.25. The molecule has 1 atom stereocenters. The molecule has 0 aliphatic heterocycles. The van der Waals surface area contributed by atoms with Crippen molar-refractivity contribution in [3.63, 3.8) is 0 Å². The third-order valence-corrected chi connectivity index (χ3v) is 4.18. The highest BCUT2D eigenvalue weighted by molar-refractivity contribution is 7.90. The molecule has 3 nitrogen and oxygen atoms in total. The molecular weight excluding hydrogens is 246 g/mol. The maximum absolute atomic E-state index is 11.4. The Hall–Kier alpha value is -0.870. The Kier molecular flexibility index (Phi) is 5.35. The fraction of sp³-hybridized carbons (Fsp3) is 0.571. The Labute approximate surface area is 110 Å². The Morgan fingerprint density at radius 2 is 1.72 bits per heavy atom. The molecule has 0 aromatic heterocycles. The molecule has 0 aliphatic carbocycles. The highest BCUT2D eigenvalue weighted by atomic mass is 32.2. The van der Waals surface area contributed by atoms with E-state index in [9.17, 15) is 8.42 Å². The summed E-state index contributed by atoms with van der Waals surface area (Å²) in [6.45, 7) is 5.04. The molecule has 0 radical (unpaired) electrons. The van der Waals surface area contributed by atoms with E-state index < -0.39 is 9.84 Å². The molecule has 1 unspecified atom stereocenters. The summed E-state index contributed by atoms with van der Waals surface area (Å²) in [7, 11) is -3.11. The normalized spacial score (nSPS) is 13.8. The molecule has 1 aromatic carbocycles. The van der Waals surface area contributed by atoms with Crippen molar-refractivity contribution in [1.82, 2.24) is 0 Å². The van der Waals surface area contributed by atoms with Gasteiger partial charge in [0.2, 0.25) is 0 Å². The quantitative estimate of drug-likeness (QED) is 0.863. The predicted molar refractivity (Wildman–Crippen MR) is 75.4 cm³/mol. The molecule has 1 rings (SSSR count). The van der Waals surface area contributed by atoms with Crippen molar-refractivity contribution in [2.24, 2.45) is 11.7 Å². The van der Waals surface area contributed by atoms with Crippen LogP contribution in [0.25, 0.3) is 0 Å². The fourth-order valence-corrected chi connectivity index (χ4v) is 2.81. The zero-order valence-electron chi connectivity index (χ0n) is 11.4. The van der Waals surface area contributed by atoms with Crippen LogP contribution in [0.1, 0.15) is 38.2 Å². The molecule has 0 saturated heterocycles. The highest BCUT2D eigenvalue weighted by Crippen LogP contribution is 2.27. The van der Waals surface area contributed by atoms with E-state index >= 15 is 0 Å². The molecule has 2 N–H and O–H groups in total. The zero-order chi connectivity index (χ0) is 13.8. The third kappa shape index (κ3) is 4.42. The van der Waals surface area contributed by atoms with E-state index in [-0.39, 0.29) is 0 Å². The first-order valence-corrected chi connectivity index (χ1v) is 8.23. The molecule has 0 spiro atoms. The van der Waals surface area contributed by atoms with E-state index in [1.807, 2.05) is 12.1 Å². The first-order valence-electron chi connectivity index (χ1n) is 6.34. The molecule has 0 heterocycles. The van der Waals surface area contributed by atoms with Crippen LogP contribution in [0.15, 0.2) is 29.2 Å². The van der Waals surface area contributed by atoms with Gasteiger partial charge in [0.25, 0.3) is 0 Å². The number of nitrogens with two attached hydrogens (primary N) is 1. The molecule has 18 heavy (non-hydrogen) atoms. The van der Waals surface area contributed by atoms with Gasteiger partial charge in [-0.25, -0.2) is 8.42 Å². The number of hydrogen-bond donors (Lipinski definition) is 1. The van der Waals surface area contributed by atoms with E-state index in [1.165, 1.54) is 11.8 Å². The minimum absolute atomic E-state index is 0.377. The highest BCUT2D eigenvalue weighted by Gasteiger charge is 2.14. The van der Waals surface area contributed by atoms with Crippen LogP contribution in [0.3, 0.4) is 0 Å². The van der Waals surface area contributed by atoms with Crippen LogP contribution in [-0.2, 0) is 9.84 Å². The van der Waals surface area contributed by atoms with Gasteiger partial charge in [-0.05, 0) is 48.9 Å². The van der Waals surface area contributed by atoms with Gasteiger partial charge in [0.1, 0.15) is 0 Å². The standard InChI is InChI=1S/C14H23NO2S/c1-11(2)10-13(8-9-15)12-4-6-14(7-5-12)18(3,16)17/h4-7,11,13H,8-10,15H2,1-3H3. The van der Waals surface area contributed by atoms with Crippen LogP contribution in [0.5, 0.6) is 0 Å². The third-order valence-electron chi connectivity index (χ3n) is 3.05. The van der Waals surface area contributed by atoms with Crippen molar-refractivity contribution >= 4 is 9.84 Å². The number of sulfone groups is 1. The average Bonchev–Trinajstić information content (AvgIpc) is 2.27. The maximum Gasteiger partial charge on any atom is 0.175 e. The Morgan fingerprint density at radius 1 is 1.17 bits per heavy atom. The number of rotatable bonds is 6. The lowest BCUT2D eigenvalue weighted by molar-refractivity contribution is 0.480. The van der Waals surface area contributed by atoms with Gasteiger partial charge < -0.3 is 5.73 Å². The van der Waals surface area contributed by atoms with Crippen LogP contribution in [0, 0.1) is 5.92 Å². The minimum atomic E-state index is -3.11. The van der Waals surface area contributed by atoms with Crippen LogP contribution in [0.4, 0.5) is 0 Å².